The van der Waals surface area contributed by atoms with Gasteiger partial charge in [-0.3, -0.25) is 0 Å². The van der Waals surface area contributed by atoms with Crippen LogP contribution in [-0.2, 0) is 0 Å². The zero-order chi connectivity index (χ0) is 12.2. The van der Waals surface area contributed by atoms with Crippen LogP contribution in [0.15, 0.2) is 16.7 Å². The van der Waals surface area contributed by atoms with Gasteiger partial charge in [0, 0.05) is 17.6 Å². The molecule has 0 aliphatic heterocycles. The van der Waals surface area contributed by atoms with Gasteiger partial charge in [-0.15, -0.1) is 11.6 Å². The molecule has 0 aliphatic rings. The lowest BCUT2D eigenvalue weighted by atomic mass is 9.95. The van der Waals surface area contributed by atoms with Crippen molar-refractivity contribution in [3.8, 4) is 0 Å². The zero-order valence-electron chi connectivity index (χ0n) is 9.36. The van der Waals surface area contributed by atoms with Crippen LogP contribution in [0.1, 0.15) is 26.7 Å². The van der Waals surface area contributed by atoms with E-state index in [1.54, 1.807) is 6.20 Å². The van der Waals surface area contributed by atoms with Crippen molar-refractivity contribution < 1.29 is 0 Å². The van der Waals surface area contributed by atoms with Gasteiger partial charge in [-0.05, 0) is 41.8 Å². The summed E-state index contributed by atoms with van der Waals surface area (Å²) in [5.41, 5.74) is -0.0366. The number of alkyl halides is 1. The number of nitrogens with zero attached hydrogens (tertiary/aromatic N) is 1. The molecule has 1 unspecified atom stereocenters. The lowest BCUT2D eigenvalue weighted by molar-refractivity contribution is 0.479. The van der Waals surface area contributed by atoms with Crippen molar-refractivity contribution in [2.75, 3.05) is 11.2 Å². The van der Waals surface area contributed by atoms with Crippen LogP contribution in [0.5, 0.6) is 0 Å². The fourth-order valence-corrected chi connectivity index (χ4v) is 2.48. The van der Waals surface area contributed by atoms with Gasteiger partial charge < -0.3 is 5.32 Å². The maximum absolute atomic E-state index is 5.84. The van der Waals surface area contributed by atoms with Crippen molar-refractivity contribution >= 4 is 44.9 Å². The Morgan fingerprint density at radius 2 is 2.25 bits per heavy atom. The number of anilines is 1. The Morgan fingerprint density at radius 1 is 1.56 bits per heavy atom. The Hall–Kier alpha value is 0.01000. The predicted molar refractivity (Wildman–Crippen MR) is 74.6 cm³/mol. The number of hydrogen-bond donors (Lipinski definition) is 1. The van der Waals surface area contributed by atoms with E-state index >= 15 is 0 Å². The highest BCUT2D eigenvalue weighted by Crippen LogP contribution is 2.28. The third-order valence-corrected chi connectivity index (χ3v) is 3.65. The van der Waals surface area contributed by atoms with E-state index in [-0.39, 0.29) is 5.54 Å². The molecule has 0 bridgehead atoms. The number of halogens is 3. The molecule has 2 nitrogen and oxygen atoms in total. The van der Waals surface area contributed by atoms with Crippen LogP contribution in [0, 0.1) is 0 Å². The zero-order valence-corrected chi connectivity index (χ0v) is 12.5. The molecule has 0 fully saturated rings. The number of nitrogens with one attached hydrogen (secondary N) is 1. The first-order valence-corrected chi connectivity index (χ1v) is 6.86. The summed E-state index contributed by atoms with van der Waals surface area (Å²) in [7, 11) is 0. The maximum Gasteiger partial charge on any atom is 0.140 e. The van der Waals surface area contributed by atoms with Crippen molar-refractivity contribution in [1.82, 2.24) is 4.98 Å². The first-order valence-electron chi connectivity index (χ1n) is 5.16. The Kier molecular flexibility index (Phi) is 5.35. The standard InChI is InChI=1S/C11H15BrCl2N2/c1-3-11(2,4-5-13)16-10-9(12)6-8(14)7-15-10/h6-7H,3-5H2,1-2H3,(H,15,16). The first kappa shape index (κ1) is 14.1. The van der Waals surface area contributed by atoms with Crippen molar-refractivity contribution in [2.24, 2.45) is 0 Å². The number of hydrogen-bond acceptors (Lipinski definition) is 2. The van der Waals surface area contributed by atoms with Crippen LogP contribution in [0.4, 0.5) is 5.82 Å². The minimum absolute atomic E-state index is 0.0366. The second-order valence-electron chi connectivity index (χ2n) is 3.96. The third kappa shape index (κ3) is 3.79. The molecular weight excluding hydrogens is 311 g/mol. The molecule has 0 aromatic carbocycles. The summed E-state index contributed by atoms with van der Waals surface area (Å²) >= 11 is 15.1. The van der Waals surface area contributed by atoms with E-state index in [0.29, 0.717) is 10.9 Å². The minimum atomic E-state index is -0.0366. The highest BCUT2D eigenvalue weighted by molar-refractivity contribution is 9.10. The predicted octanol–water partition coefficient (Wildman–Crippen LogP) is 4.71. The van der Waals surface area contributed by atoms with Gasteiger partial charge in [0.05, 0.1) is 9.50 Å². The summed E-state index contributed by atoms with van der Waals surface area (Å²) in [5, 5.41) is 4.02. The van der Waals surface area contributed by atoms with E-state index < -0.39 is 0 Å². The van der Waals surface area contributed by atoms with Gasteiger partial charge in [0.15, 0.2) is 0 Å². The van der Waals surface area contributed by atoms with Gasteiger partial charge >= 0.3 is 0 Å². The summed E-state index contributed by atoms with van der Waals surface area (Å²) < 4.78 is 0.870. The van der Waals surface area contributed by atoms with Gasteiger partial charge in [0.2, 0.25) is 0 Å². The lowest BCUT2D eigenvalue weighted by Crippen LogP contribution is -2.35. The number of pyridine rings is 1. The SMILES string of the molecule is CCC(C)(CCCl)Nc1ncc(Cl)cc1Br. The van der Waals surface area contributed by atoms with Gasteiger partial charge in [-0.25, -0.2) is 4.98 Å². The van der Waals surface area contributed by atoms with E-state index in [4.69, 9.17) is 23.2 Å². The van der Waals surface area contributed by atoms with Gasteiger partial charge in [0.1, 0.15) is 5.82 Å². The molecule has 90 valence electrons. The first-order chi connectivity index (χ1) is 7.50. The van der Waals surface area contributed by atoms with Crippen molar-refractivity contribution in [3.63, 3.8) is 0 Å². The lowest BCUT2D eigenvalue weighted by Gasteiger charge is -2.30. The second-order valence-corrected chi connectivity index (χ2v) is 5.63. The van der Waals surface area contributed by atoms with E-state index in [1.807, 2.05) is 6.07 Å². The van der Waals surface area contributed by atoms with Crippen LogP contribution in [0.2, 0.25) is 5.02 Å². The molecule has 1 N–H and O–H groups in total. The molecule has 0 radical (unpaired) electrons. The third-order valence-electron chi connectivity index (χ3n) is 2.65. The molecule has 1 heterocycles. The van der Waals surface area contributed by atoms with Crippen LogP contribution in [-0.4, -0.2) is 16.4 Å². The van der Waals surface area contributed by atoms with Crippen LogP contribution in [0.3, 0.4) is 0 Å². The number of aromatic nitrogens is 1. The summed E-state index contributed by atoms with van der Waals surface area (Å²) in [5.74, 6) is 1.43. The molecule has 0 spiro atoms. The monoisotopic (exact) mass is 324 g/mol. The summed E-state index contributed by atoms with van der Waals surface area (Å²) in [6.45, 7) is 4.27. The van der Waals surface area contributed by atoms with Crippen LogP contribution < -0.4 is 5.32 Å². The molecular formula is C11H15BrCl2N2. The minimum Gasteiger partial charge on any atom is -0.364 e. The normalized spacial score (nSPS) is 14.6. The summed E-state index contributed by atoms with van der Waals surface area (Å²) in [6.07, 6.45) is 3.50. The van der Waals surface area contributed by atoms with Crippen LogP contribution >= 0.6 is 39.1 Å². The molecule has 0 saturated carbocycles. The number of rotatable bonds is 5. The summed E-state index contributed by atoms with van der Waals surface area (Å²) in [6, 6.07) is 1.83. The van der Waals surface area contributed by atoms with Gasteiger partial charge in [0.25, 0.3) is 0 Å². The van der Waals surface area contributed by atoms with Crippen LogP contribution in [0.25, 0.3) is 0 Å². The maximum atomic E-state index is 5.84. The molecule has 1 rings (SSSR count). The van der Waals surface area contributed by atoms with E-state index in [1.165, 1.54) is 0 Å². The van der Waals surface area contributed by atoms with E-state index in [2.05, 4.69) is 40.1 Å². The average Bonchev–Trinajstić information content (AvgIpc) is 2.23. The van der Waals surface area contributed by atoms with Crippen molar-refractivity contribution in [3.05, 3.63) is 21.8 Å². The summed E-state index contributed by atoms with van der Waals surface area (Å²) in [4.78, 5) is 4.26. The largest absolute Gasteiger partial charge is 0.364 e. The van der Waals surface area contributed by atoms with Gasteiger partial charge in [-0.2, -0.15) is 0 Å². The highest BCUT2D eigenvalue weighted by atomic mass is 79.9. The van der Waals surface area contributed by atoms with Gasteiger partial charge in [-0.1, -0.05) is 18.5 Å². The Balaban J connectivity index is 2.85. The Bertz CT molecular complexity index is 360. The topological polar surface area (TPSA) is 24.9 Å². The fourth-order valence-electron chi connectivity index (χ4n) is 1.33. The molecule has 0 saturated heterocycles. The molecule has 1 atom stereocenters. The fraction of sp³-hybridized carbons (Fsp3) is 0.545. The molecule has 5 heteroatoms. The smallest absolute Gasteiger partial charge is 0.140 e. The van der Waals surface area contributed by atoms with Crippen molar-refractivity contribution in [2.45, 2.75) is 32.2 Å². The Morgan fingerprint density at radius 3 is 2.75 bits per heavy atom. The van der Waals surface area contributed by atoms with E-state index in [9.17, 15) is 0 Å². The highest BCUT2D eigenvalue weighted by Gasteiger charge is 2.22. The quantitative estimate of drug-likeness (QED) is 0.793. The van der Waals surface area contributed by atoms with Crippen molar-refractivity contribution in [1.29, 1.82) is 0 Å². The van der Waals surface area contributed by atoms with E-state index in [0.717, 1.165) is 23.1 Å². The second kappa shape index (κ2) is 6.08. The Labute approximate surface area is 115 Å². The molecule has 1 aromatic heterocycles. The molecule has 16 heavy (non-hydrogen) atoms. The molecule has 1 aromatic rings. The average molecular weight is 326 g/mol. The molecule has 0 amide bonds. The molecule has 0 aliphatic carbocycles.